The Labute approximate surface area is 116 Å². The molecule has 2 rings (SSSR count). The van der Waals surface area contributed by atoms with Crippen molar-refractivity contribution >= 4 is 5.97 Å². The summed E-state index contributed by atoms with van der Waals surface area (Å²) in [6, 6.07) is 9.18. The summed E-state index contributed by atoms with van der Waals surface area (Å²) in [5, 5.41) is 0. The molecule has 0 N–H and O–H groups in total. The Morgan fingerprint density at radius 3 is 2.65 bits per heavy atom. The average molecular weight is 276 g/mol. The quantitative estimate of drug-likeness (QED) is 0.624. The fourth-order valence-electron chi connectivity index (χ4n) is 1.83. The van der Waals surface area contributed by atoms with Crippen LogP contribution in [0.2, 0.25) is 0 Å². The first-order valence-corrected chi connectivity index (χ1v) is 6.28. The highest BCUT2D eigenvalue weighted by Gasteiger charge is 2.21. The summed E-state index contributed by atoms with van der Waals surface area (Å²) >= 11 is 0. The number of aryl methyl sites for hydroxylation is 2. The molecule has 0 aliphatic heterocycles. The second-order valence-electron chi connectivity index (χ2n) is 4.44. The van der Waals surface area contributed by atoms with Gasteiger partial charge in [0.2, 0.25) is 0 Å². The van der Waals surface area contributed by atoms with Crippen LogP contribution in [0.4, 0.5) is 8.78 Å². The van der Waals surface area contributed by atoms with Crippen molar-refractivity contribution in [1.82, 2.24) is 0 Å². The number of benzene rings is 2. The molecule has 0 fully saturated rings. The minimum Gasteiger partial charge on any atom is -0.423 e. The van der Waals surface area contributed by atoms with Crippen LogP contribution in [0.25, 0.3) is 0 Å². The van der Waals surface area contributed by atoms with Crippen LogP contribution in [0.15, 0.2) is 36.4 Å². The third-order valence-electron chi connectivity index (χ3n) is 3.01. The van der Waals surface area contributed by atoms with Gasteiger partial charge in [-0.1, -0.05) is 25.1 Å². The van der Waals surface area contributed by atoms with E-state index in [9.17, 15) is 13.6 Å². The topological polar surface area (TPSA) is 26.3 Å². The minimum absolute atomic E-state index is 0.195. The van der Waals surface area contributed by atoms with Gasteiger partial charge in [-0.2, -0.15) is 0 Å². The fourth-order valence-corrected chi connectivity index (χ4v) is 1.83. The molecule has 0 saturated carbocycles. The van der Waals surface area contributed by atoms with E-state index in [1.54, 1.807) is 18.2 Å². The van der Waals surface area contributed by atoms with Crippen LogP contribution in [0.5, 0.6) is 5.75 Å². The molecule has 20 heavy (non-hydrogen) atoms. The molecule has 0 aliphatic rings. The first kappa shape index (κ1) is 14.2. The molecule has 104 valence electrons. The zero-order valence-electron chi connectivity index (χ0n) is 11.2. The van der Waals surface area contributed by atoms with Crippen LogP contribution in [0.1, 0.15) is 28.4 Å². The van der Waals surface area contributed by atoms with Gasteiger partial charge in [-0.15, -0.1) is 0 Å². The summed E-state index contributed by atoms with van der Waals surface area (Å²) in [7, 11) is 0. The van der Waals surface area contributed by atoms with Crippen LogP contribution < -0.4 is 4.74 Å². The summed E-state index contributed by atoms with van der Waals surface area (Å²) in [6.07, 6.45) is 0.776. The fraction of sp³-hybridized carbons (Fsp3) is 0.188. The Balaban J connectivity index is 2.31. The Bertz CT molecular complexity index is 651. The number of carbonyl (C=O) groups is 1. The van der Waals surface area contributed by atoms with E-state index >= 15 is 0 Å². The highest BCUT2D eigenvalue weighted by molar-refractivity contribution is 5.91. The van der Waals surface area contributed by atoms with Crippen molar-refractivity contribution in [2.24, 2.45) is 0 Å². The van der Waals surface area contributed by atoms with Crippen molar-refractivity contribution in [2.45, 2.75) is 20.3 Å². The maximum absolute atomic E-state index is 13.8. The lowest BCUT2D eigenvalue weighted by Crippen LogP contribution is -2.14. The Hall–Kier alpha value is -2.23. The Morgan fingerprint density at radius 2 is 1.95 bits per heavy atom. The molecular formula is C16H14F2O2. The van der Waals surface area contributed by atoms with E-state index in [0.29, 0.717) is 0 Å². The Kier molecular flexibility index (Phi) is 4.13. The van der Waals surface area contributed by atoms with Gasteiger partial charge in [-0.25, -0.2) is 13.6 Å². The normalized spacial score (nSPS) is 10.4. The van der Waals surface area contributed by atoms with E-state index in [4.69, 9.17) is 4.74 Å². The Morgan fingerprint density at radius 1 is 1.20 bits per heavy atom. The van der Waals surface area contributed by atoms with E-state index in [1.165, 1.54) is 13.0 Å². The number of rotatable bonds is 3. The molecule has 0 amide bonds. The van der Waals surface area contributed by atoms with Crippen LogP contribution in [0.3, 0.4) is 0 Å². The van der Waals surface area contributed by atoms with Gasteiger partial charge in [0.05, 0.1) is 0 Å². The number of halogens is 2. The molecule has 2 aromatic carbocycles. The number of hydrogen-bond acceptors (Lipinski definition) is 2. The van der Waals surface area contributed by atoms with E-state index in [-0.39, 0.29) is 11.3 Å². The van der Waals surface area contributed by atoms with Gasteiger partial charge in [0.1, 0.15) is 22.9 Å². The lowest BCUT2D eigenvalue weighted by Gasteiger charge is -2.08. The van der Waals surface area contributed by atoms with E-state index < -0.39 is 23.2 Å². The summed E-state index contributed by atoms with van der Waals surface area (Å²) in [6.45, 7) is 3.42. The number of ether oxygens (including phenoxy) is 1. The zero-order chi connectivity index (χ0) is 14.7. The van der Waals surface area contributed by atoms with E-state index in [2.05, 4.69) is 0 Å². The van der Waals surface area contributed by atoms with Crippen LogP contribution >= 0.6 is 0 Å². The zero-order valence-corrected chi connectivity index (χ0v) is 11.2. The van der Waals surface area contributed by atoms with Gasteiger partial charge in [-0.05, 0) is 42.7 Å². The lowest BCUT2D eigenvalue weighted by atomic mass is 10.1. The van der Waals surface area contributed by atoms with Gasteiger partial charge < -0.3 is 4.74 Å². The SMILES string of the molecule is CCc1cccc(OC(=O)c2c(F)ccc(C)c2F)c1. The molecule has 0 radical (unpaired) electrons. The highest BCUT2D eigenvalue weighted by atomic mass is 19.1. The molecule has 2 nitrogen and oxygen atoms in total. The highest BCUT2D eigenvalue weighted by Crippen LogP contribution is 2.20. The summed E-state index contributed by atoms with van der Waals surface area (Å²) in [5.74, 6) is -2.57. The molecule has 0 spiro atoms. The van der Waals surface area contributed by atoms with Crippen molar-refractivity contribution in [2.75, 3.05) is 0 Å². The maximum atomic E-state index is 13.8. The largest absolute Gasteiger partial charge is 0.423 e. The molecule has 0 saturated heterocycles. The smallest absolute Gasteiger partial charge is 0.349 e. The molecule has 0 aromatic heterocycles. The van der Waals surface area contributed by atoms with Gasteiger partial charge in [0, 0.05) is 0 Å². The first-order chi connectivity index (χ1) is 9.52. The number of hydrogen-bond donors (Lipinski definition) is 0. The molecule has 4 heteroatoms. The predicted molar refractivity (Wildman–Crippen MR) is 71.9 cm³/mol. The van der Waals surface area contributed by atoms with Crippen LogP contribution in [0, 0.1) is 18.6 Å². The summed E-state index contributed by atoms with van der Waals surface area (Å²) in [5.41, 5.74) is 0.507. The average Bonchev–Trinajstić information content (AvgIpc) is 2.43. The van der Waals surface area contributed by atoms with Crippen molar-refractivity contribution in [1.29, 1.82) is 0 Å². The molecule has 2 aromatic rings. The molecule has 0 unspecified atom stereocenters. The predicted octanol–water partition coefficient (Wildman–Crippen LogP) is 4.05. The monoisotopic (exact) mass is 276 g/mol. The third-order valence-corrected chi connectivity index (χ3v) is 3.01. The third kappa shape index (κ3) is 2.85. The second-order valence-corrected chi connectivity index (χ2v) is 4.44. The van der Waals surface area contributed by atoms with E-state index in [0.717, 1.165) is 18.1 Å². The minimum atomic E-state index is -1.03. The lowest BCUT2D eigenvalue weighted by molar-refractivity contribution is 0.0724. The van der Waals surface area contributed by atoms with Gasteiger partial charge in [-0.3, -0.25) is 0 Å². The van der Waals surface area contributed by atoms with Gasteiger partial charge in [0.15, 0.2) is 0 Å². The molecule has 0 bridgehead atoms. The van der Waals surface area contributed by atoms with Crippen molar-refractivity contribution < 1.29 is 18.3 Å². The first-order valence-electron chi connectivity index (χ1n) is 6.28. The molecule has 0 atom stereocenters. The van der Waals surface area contributed by atoms with Crippen LogP contribution in [-0.4, -0.2) is 5.97 Å². The van der Waals surface area contributed by atoms with Gasteiger partial charge >= 0.3 is 5.97 Å². The standard InChI is InChI=1S/C16H14F2O2/c1-3-11-5-4-6-12(9-11)20-16(19)14-13(17)8-7-10(2)15(14)18/h4-9H,3H2,1-2H3. The molecule has 0 heterocycles. The number of esters is 1. The second kappa shape index (κ2) is 5.82. The van der Waals surface area contributed by atoms with Crippen molar-refractivity contribution in [3.8, 4) is 5.75 Å². The maximum Gasteiger partial charge on any atom is 0.349 e. The van der Waals surface area contributed by atoms with Crippen LogP contribution in [-0.2, 0) is 6.42 Å². The van der Waals surface area contributed by atoms with Crippen molar-refractivity contribution in [3.63, 3.8) is 0 Å². The molecule has 0 aliphatic carbocycles. The summed E-state index contributed by atoms with van der Waals surface area (Å²) in [4.78, 5) is 11.9. The van der Waals surface area contributed by atoms with Crippen molar-refractivity contribution in [3.05, 3.63) is 64.7 Å². The number of carbonyl (C=O) groups excluding carboxylic acids is 1. The summed E-state index contributed by atoms with van der Waals surface area (Å²) < 4.78 is 32.4. The van der Waals surface area contributed by atoms with Gasteiger partial charge in [0.25, 0.3) is 0 Å². The molecular weight excluding hydrogens is 262 g/mol. The van der Waals surface area contributed by atoms with E-state index in [1.807, 2.05) is 13.0 Å².